The second kappa shape index (κ2) is 3.89. The average Bonchev–Trinajstić information content (AvgIpc) is 2.27. The summed E-state index contributed by atoms with van der Waals surface area (Å²) in [6.07, 6.45) is -3.48. The van der Waals surface area contributed by atoms with Crippen molar-refractivity contribution in [2.45, 2.75) is 31.5 Å². The number of carboxylic acids is 1. The molecule has 2 bridgehead atoms. The van der Waals surface area contributed by atoms with E-state index in [4.69, 9.17) is 5.11 Å². The van der Waals surface area contributed by atoms with Gasteiger partial charge in [0.1, 0.15) is 0 Å². The molecule has 0 radical (unpaired) electrons. The molecule has 0 aromatic heterocycles. The Bertz CT molecular complexity index is 355. The normalized spacial score (nSPS) is 32.6. The van der Waals surface area contributed by atoms with Gasteiger partial charge in [-0.2, -0.15) is 13.2 Å². The number of nitrogens with zero attached hydrogens (tertiary/aromatic N) is 1. The molecule has 0 aromatic rings. The van der Waals surface area contributed by atoms with Crippen molar-refractivity contribution >= 4 is 11.9 Å². The van der Waals surface area contributed by atoms with E-state index in [2.05, 4.69) is 0 Å². The zero-order chi connectivity index (χ0) is 12.8. The standard InChI is InChI=1S/C10H12F3NO3/c11-10(12,13)9(17)14-4-5-1-2-7(14)6(3-5)8(15)16/h5-7H,1-4H2,(H,15,16). The third kappa shape index (κ3) is 2.10. The van der Waals surface area contributed by atoms with Gasteiger partial charge >= 0.3 is 18.1 Å². The Labute approximate surface area is 95.4 Å². The number of rotatable bonds is 1. The Morgan fingerprint density at radius 1 is 1.24 bits per heavy atom. The lowest BCUT2D eigenvalue weighted by Gasteiger charge is -2.48. The maximum absolute atomic E-state index is 12.3. The first-order chi connectivity index (χ1) is 7.80. The molecular formula is C10H12F3NO3. The fourth-order valence-electron chi connectivity index (χ4n) is 2.86. The molecule has 3 rings (SSSR count). The van der Waals surface area contributed by atoms with Crippen molar-refractivity contribution in [1.29, 1.82) is 0 Å². The number of hydrogen-bond acceptors (Lipinski definition) is 2. The largest absolute Gasteiger partial charge is 0.481 e. The number of carbonyl (C=O) groups is 2. The highest BCUT2D eigenvalue weighted by Gasteiger charge is 2.52. The van der Waals surface area contributed by atoms with Gasteiger partial charge in [-0.1, -0.05) is 0 Å². The average molecular weight is 251 g/mol. The minimum absolute atomic E-state index is 0.0345. The molecule has 96 valence electrons. The van der Waals surface area contributed by atoms with Crippen LogP contribution in [0.3, 0.4) is 0 Å². The van der Waals surface area contributed by atoms with Gasteiger partial charge in [0, 0.05) is 12.6 Å². The number of hydrogen-bond donors (Lipinski definition) is 1. The summed E-state index contributed by atoms with van der Waals surface area (Å²) in [4.78, 5) is 22.8. The van der Waals surface area contributed by atoms with Crippen LogP contribution in [0.1, 0.15) is 19.3 Å². The van der Waals surface area contributed by atoms with Crippen LogP contribution < -0.4 is 0 Å². The van der Waals surface area contributed by atoms with Crippen molar-refractivity contribution in [3.05, 3.63) is 0 Å². The molecule has 1 N–H and O–H groups in total. The van der Waals surface area contributed by atoms with Crippen LogP contribution in [0.25, 0.3) is 0 Å². The van der Waals surface area contributed by atoms with Crippen LogP contribution >= 0.6 is 0 Å². The summed E-state index contributed by atoms with van der Waals surface area (Å²) in [5.41, 5.74) is 0. The van der Waals surface area contributed by atoms with Gasteiger partial charge in [-0.3, -0.25) is 9.59 Å². The lowest BCUT2D eigenvalue weighted by atomic mass is 9.72. The van der Waals surface area contributed by atoms with Crippen LogP contribution in [0.15, 0.2) is 0 Å². The van der Waals surface area contributed by atoms with Crippen molar-refractivity contribution < 1.29 is 27.9 Å². The van der Waals surface area contributed by atoms with E-state index in [1.54, 1.807) is 0 Å². The van der Waals surface area contributed by atoms with Crippen LogP contribution in [0.2, 0.25) is 0 Å². The van der Waals surface area contributed by atoms with Crippen molar-refractivity contribution in [1.82, 2.24) is 4.90 Å². The van der Waals surface area contributed by atoms with E-state index < -0.39 is 30.0 Å². The smallest absolute Gasteiger partial charge is 0.471 e. The molecule has 17 heavy (non-hydrogen) atoms. The van der Waals surface area contributed by atoms with E-state index in [1.165, 1.54) is 0 Å². The molecule has 2 aliphatic heterocycles. The van der Waals surface area contributed by atoms with E-state index in [0.717, 1.165) is 0 Å². The van der Waals surface area contributed by atoms with E-state index in [1.807, 2.05) is 0 Å². The zero-order valence-corrected chi connectivity index (χ0v) is 8.91. The van der Waals surface area contributed by atoms with Crippen LogP contribution in [-0.2, 0) is 9.59 Å². The molecule has 3 unspecified atom stereocenters. The van der Waals surface area contributed by atoms with Crippen LogP contribution in [-0.4, -0.2) is 40.6 Å². The van der Waals surface area contributed by atoms with Crippen LogP contribution in [0, 0.1) is 11.8 Å². The van der Waals surface area contributed by atoms with Gasteiger partial charge < -0.3 is 10.0 Å². The highest BCUT2D eigenvalue weighted by molar-refractivity contribution is 5.83. The fourth-order valence-corrected chi connectivity index (χ4v) is 2.86. The lowest BCUT2D eigenvalue weighted by Crippen LogP contribution is -2.59. The Hall–Kier alpha value is -1.27. The number of amides is 1. The molecule has 3 atom stereocenters. The van der Waals surface area contributed by atoms with Gasteiger partial charge in [0.15, 0.2) is 0 Å². The van der Waals surface area contributed by atoms with Gasteiger partial charge in [0.2, 0.25) is 0 Å². The summed E-state index contributed by atoms with van der Waals surface area (Å²) in [5.74, 6) is -3.99. The molecule has 2 saturated heterocycles. The number of alkyl halides is 3. The van der Waals surface area contributed by atoms with E-state index in [9.17, 15) is 22.8 Å². The second-order valence-electron chi connectivity index (χ2n) is 4.65. The number of carbonyl (C=O) groups excluding carboxylic acids is 1. The number of aliphatic carboxylic acids is 1. The van der Waals surface area contributed by atoms with Crippen LogP contribution in [0.4, 0.5) is 13.2 Å². The predicted octanol–water partition coefficient (Wildman–Crippen LogP) is 1.26. The Morgan fingerprint density at radius 2 is 1.88 bits per heavy atom. The SMILES string of the molecule is O=C(O)C1CC2CCC1N(C(=O)C(F)(F)F)C2. The Morgan fingerprint density at radius 3 is 2.35 bits per heavy atom. The minimum Gasteiger partial charge on any atom is -0.481 e. The number of halogens is 3. The molecule has 0 aromatic carbocycles. The topological polar surface area (TPSA) is 57.6 Å². The third-order valence-corrected chi connectivity index (χ3v) is 3.60. The molecule has 1 saturated carbocycles. The molecule has 1 aliphatic carbocycles. The fraction of sp³-hybridized carbons (Fsp3) is 0.800. The first kappa shape index (κ1) is 12.2. The molecule has 2 heterocycles. The molecule has 7 heteroatoms. The predicted molar refractivity (Wildman–Crippen MR) is 50.0 cm³/mol. The second-order valence-corrected chi connectivity index (χ2v) is 4.65. The molecule has 3 aliphatic rings. The lowest BCUT2D eigenvalue weighted by molar-refractivity contribution is -0.196. The molecule has 3 fully saturated rings. The van der Waals surface area contributed by atoms with E-state index in [0.29, 0.717) is 24.2 Å². The third-order valence-electron chi connectivity index (χ3n) is 3.60. The van der Waals surface area contributed by atoms with Gasteiger partial charge in [-0.15, -0.1) is 0 Å². The summed E-state index contributed by atoms with van der Waals surface area (Å²) in [5, 5.41) is 8.94. The minimum atomic E-state index is -4.92. The summed E-state index contributed by atoms with van der Waals surface area (Å²) in [6.45, 7) is 0.0345. The van der Waals surface area contributed by atoms with Crippen molar-refractivity contribution in [3.8, 4) is 0 Å². The van der Waals surface area contributed by atoms with Crippen molar-refractivity contribution in [2.75, 3.05) is 6.54 Å². The van der Waals surface area contributed by atoms with Crippen molar-refractivity contribution in [3.63, 3.8) is 0 Å². The molecule has 4 nitrogen and oxygen atoms in total. The summed E-state index contributed by atoms with van der Waals surface area (Å²) in [6, 6.07) is -0.799. The first-order valence-electron chi connectivity index (χ1n) is 5.41. The van der Waals surface area contributed by atoms with Gasteiger partial charge in [-0.05, 0) is 25.2 Å². The number of piperidine rings is 2. The zero-order valence-electron chi connectivity index (χ0n) is 8.91. The maximum atomic E-state index is 12.3. The Kier molecular flexibility index (Phi) is 2.79. The van der Waals surface area contributed by atoms with Gasteiger partial charge in [0.05, 0.1) is 5.92 Å². The maximum Gasteiger partial charge on any atom is 0.471 e. The van der Waals surface area contributed by atoms with Crippen LogP contribution in [0.5, 0.6) is 0 Å². The molecule has 1 amide bonds. The number of fused-ring (bicyclic) bond motifs is 3. The number of carboxylic acid groups (broad SMARTS) is 1. The monoisotopic (exact) mass is 251 g/mol. The highest BCUT2D eigenvalue weighted by Crippen LogP contribution is 2.40. The van der Waals surface area contributed by atoms with Crippen molar-refractivity contribution in [2.24, 2.45) is 11.8 Å². The van der Waals surface area contributed by atoms with E-state index in [-0.39, 0.29) is 12.5 Å². The quantitative estimate of drug-likeness (QED) is 0.763. The highest BCUT2D eigenvalue weighted by atomic mass is 19.4. The molecular weight excluding hydrogens is 239 g/mol. The van der Waals surface area contributed by atoms with E-state index >= 15 is 0 Å². The summed E-state index contributed by atoms with van der Waals surface area (Å²) >= 11 is 0. The summed E-state index contributed by atoms with van der Waals surface area (Å²) < 4.78 is 37.0. The van der Waals surface area contributed by atoms with Gasteiger partial charge in [-0.25, -0.2) is 0 Å². The van der Waals surface area contributed by atoms with Gasteiger partial charge in [0.25, 0.3) is 0 Å². The Balaban J connectivity index is 2.20. The molecule has 0 spiro atoms. The summed E-state index contributed by atoms with van der Waals surface area (Å²) in [7, 11) is 0. The first-order valence-corrected chi connectivity index (χ1v) is 5.41.